The van der Waals surface area contributed by atoms with Gasteiger partial charge in [0.2, 0.25) is 5.82 Å². The molecule has 1 aromatic carbocycles. The minimum absolute atomic E-state index is 0.352. The Morgan fingerprint density at radius 1 is 1.27 bits per heavy atom. The van der Waals surface area contributed by atoms with Crippen molar-refractivity contribution in [3.05, 3.63) is 47.9 Å². The number of H-pyrrole nitrogens is 1. The summed E-state index contributed by atoms with van der Waals surface area (Å²) in [5.41, 5.74) is 5.59. The van der Waals surface area contributed by atoms with Crippen LogP contribution >= 0.6 is 0 Å². The Labute approximate surface area is 170 Å². The van der Waals surface area contributed by atoms with Gasteiger partial charge in [-0.05, 0) is 18.2 Å². The summed E-state index contributed by atoms with van der Waals surface area (Å²) in [6, 6.07) is 5.93. The Morgan fingerprint density at radius 3 is 3.10 bits per heavy atom. The number of nitrogens with zero attached hydrogens (tertiary/aromatic N) is 5. The highest BCUT2D eigenvalue weighted by atomic mass is 16.6. The van der Waals surface area contributed by atoms with Gasteiger partial charge in [0.1, 0.15) is 17.8 Å². The fourth-order valence-electron chi connectivity index (χ4n) is 3.94. The molecule has 0 radical (unpaired) electrons. The number of hydrogen-bond donors (Lipinski definition) is 1. The number of benzene rings is 1. The molecule has 1 fully saturated rings. The fourth-order valence-corrected chi connectivity index (χ4v) is 3.94. The first-order valence-electron chi connectivity index (χ1n) is 9.62. The number of rotatable bonds is 3. The Hall–Kier alpha value is -3.50. The van der Waals surface area contributed by atoms with Crippen LogP contribution < -0.4 is 4.74 Å². The third kappa shape index (κ3) is 2.65. The van der Waals surface area contributed by atoms with Gasteiger partial charge in [0.05, 0.1) is 50.2 Å². The van der Waals surface area contributed by atoms with E-state index >= 15 is 0 Å². The predicted molar refractivity (Wildman–Crippen MR) is 103 cm³/mol. The zero-order valence-electron chi connectivity index (χ0n) is 16.2. The second-order valence-electron chi connectivity index (χ2n) is 7.13. The molecule has 0 spiro atoms. The SMILES string of the molecule is COc1ccc2c(c1)-c1[nH]ncc1Cc1c(-c3noc(C4COCCO4)n3)ncn1-2. The summed E-state index contributed by atoms with van der Waals surface area (Å²) in [5.74, 6) is 1.60. The van der Waals surface area contributed by atoms with E-state index in [0.29, 0.717) is 43.7 Å². The number of fused-ring (bicyclic) bond motifs is 5. The molecule has 4 aromatic rings. The second-order valence-corrected chi connectivity index (χ2v) is 7.13. The number of nitrogens with one attached hydrogen (secondary N) is 1. The van der Waals surface area contributed by atoms with E-state index < -0.39 is 0 Å². The Balaban J connectivity index is 1.46. The third-order valence-corrected chi connectivity index (χ3v) is 5.42. The monoisotopic (exact) mass is 406 g/mol. The van der Waals surface area contributed by atoms with Crippen molar-refractivity contribution in [3.8, 4) is 34.2 Å². The minimum Gasteiger partial charge on any atom is -0.497 e. The maximum atomic E-state index is 5.66. The molecule has 3 aromatic heterocycles. The number of aromatic nitrogens is 6. The second kappa shape index (κ2) is 6.78. The molecule has 1 unspecified atom stereocenters. The van der Waals surface area contributed by atoms with Crippen LogP contribution in [0.4, 0.5) is 0 Å². The van der Waals surface area contributed by atoms with Crippen molar-refractivity contribution < 1.29 is 18.7 Å². The van der Waals surface area contributed by atoms with E-state index in [4.69, 9.17) is 18.7 Å². The zero-order chi connectivity index (χ0) is 20.1. The average molecular weight is 406 g/mol. The summed E-state index contributed by atoms with van der Waals surface area (Å²) in [6.45, 7) is 1.48. The van der Waals surface area contributed by atoms with Crippen LogP contribution in [0.2, 0.25) is 0 Å². The van der Waals surface area contributed by atoms with E-state index in [1.807, 2.05) is 29.0 Å². The summed E-state index contributed by atoms with van der Waals surface area (Å²) < 4.78 is 24.0. The lowest BCUT2D eigenvalue weighted by Crippen LogP contribution is -2.22. The number of methoxy groups -OCH3 is 1. The van der Waals surface area contributed by atoms with Gasteiger partial charge in [-0.1, -0.05) is 5.16 Å². The summed E-state index contributed by atoms with van der Waals surface area (Å²) in [5, 5.41) is 11.5. The number of hydrogen-bond acceptors (Lipinski definition) is 8. The van der Waals surface area contributed by atoms with E-state index in [2.05, 4.69) is 25.3 Å². The lowest BCUT2D eigenvalue weighted by Gasteiger charge is -2.19. The normalized spacial score (nSPS) is 17.7. The molecule has 152 valence electrons. The molecule has 10 heteroatoms. The van der Waals surface area contributed by atoms with Crippen LogP contribution in [0, 0.1) is 0 Å². The first-order valence-corrected chi connectivity index (χ1v) is 9.62. The van der Waals surface area contributed by atoms with Crippen molar-refractivity contribution in [1.82, 2.24) is 29.9 Å². The topological polar surface area (TPSA) is 113 Å². The molecular formula is C20H18N6O4. The first kappa shape index (κ1) is 17.4. The van der Waals surface area contributed by atoms with Gasteiger partial charge in [0, 0.05) is 17.5 Å². The van der Waals surface area contributed by atoms with Gasteiger partial charge in [-0.3, -0.25) is 5.10 Å². The lowest BCUT2D eigenvalue weighted by atomic mass is 10.0. The molecule has 1 N–H and O–H groups in total. The van der Waals surface area contributed by atoms with E-state index in [-0.39, 0.29) is 6.10 Å². The average Bonchev–Trinajstić information content (AvgIpc) is 3.53. The molecule has 5 heterocycles. The zero-order valence-corrected chi connectivity index (χ0v) is 16.2. The summed E-state index contributed by atoms with van der Waals surface area (Å²) in [4.78, 5) is 9.15. The van der Waals surface area contributed by atoms with Gasteiger partial charge in [0.15, 0.2) is 6.10 Å². The van der Waals surface area contributed by atoms with Crippen LogP contribution in [0.3, 0.4) is 0 Å². The van der Waals surface area contributed by atoms with Gasteiger partial charge < -0.3 is 23.3 Å². The predicted octanol–water partition coefficient (Wildman–Crippen LogP) is 2.31. The van der Waals surface area contributed by atoms with Crippen LogP contribution in [0.1, 0.15) is 23.3 Å². The molecule has 10 nitrogen and oxygen atoms in total. The molecule has 30 heavy (non-hydrogen) atoms. The molecule has 2 aliphatic rings. The Morgan fingerprint density at radius 2 is 2.23 bits per heavy atom. The van der Waals surface area contributed by atoms with Crippen LogP contribution in [0.15, 0.2) is 35.2 Å². The van der Waals surface area contributed by atoms with Gasteiger partial charge in [-0.2, -0.15) is 10.1 Å². The molecule has 1 saturated heterocycles. The van der Waals surface area contributed by atoms with Crippen LogP contribution in [-0.4, -0.2) is 56.8 Å². The molecule has 1 atom stereocenters. The van der Waals surface area contributed by atoms with E-state index in [0.717, 1.165) is 34.0 Å². The highest BCUT2D eigenvalue weighted by molar-refractivity contribution is 5.77. The molecule has 2 aliphatic heterocycles. The molecule has 0 amide bonds. The molecule has 0 saturated carbocycles. The standard InChI is InChI=1S/C20H18N6O4/c1-27-12-2-3-14-13(7-12)17-11(8-22-24-17)6-15-18(21-10-26(14)15)19-23-20(30-25-19)16-9-28-4-5-29-16/h2-3,7-8,10,16H,4-6,9H2,1H3,(H,22,24). The summed E-state index contributed by atoms with van der Waals surface area (Å²) >= 11 is 0. The first-order chi connectivity index (χ1) is 14.8. The van der Waals surface area contributed by atoms with Crippen molar-refractivity contribution in [2.24, 2.45) is 0 Å². The van der Waals surface area contributed by atoms with Gasteiger partial charge in [-0.25, -0.2) is 4.98 Å². The van der Waals surface area contributed by atoms with E-state index in [1.165, 1.54) is 0 Å². The smallest absolute Gasteiger partial charge is 0.258 e. The van der Waals surface area contributed by atoms with Crippen molar-refractivity contribution >= 4 is 0 Å². The third-order valence-electron chi connectivity index (χ3n) is 5.42. The highest BCUT2D eigenvalue weighted by Gasteiger charge is 2.28. The molecule has 0 bridgehead atoms. The van der Waals surface area contributed by atoms with Crippen molar-refractivity contribution in [1.29, 1.82) is 0 Å². The number of aromatic amines is 1. The minimum atomic E-state index is -0.352. The van der Waals surface area contributed by atoms with E-state index in [1.54, 1.807) is 13.4 Å². The fraction of sp³-hybridized carbons (Fsp3) is 0.300. The van der Waals surface area contributed by atoms with E-state index in [9.17, 15) is 0 Å². The van der Waals surface area contributed by atoms with Gasteiger partial charge in [0.25, 0.3) is 5.89 Å². The van der Waals surface area contributed by atoms with Crippen molar-refractivity contribution in [2.45, 2.75) is 12.5 Å². The molecule has 0 aliphatic carbocycles. The van der Waals surface area contributed by atoms with Gasteiger partial charge in [-0.15, -0.1) is 0 Å². The van der Waals surface area contributed by atoms with Crippen molar-refractivity contribution in [3.63, 3.8) is 0 Å². The summed E-state index contributed by atoms with van der Waals surface area (Å²) in [6.07, 6.45) is 3.88. The molecular weight excluding hydrogens is 388 g/mol. The molecule has 6 rings (SSSR count). The number of ether oxygens (including phenoxy) is 3. The Kier molecular flexibility index (Phi) is 3.93. The van der Waals surface area contributed by atoms with Crippen LogP contribution in [-0.2, 0) is 15.9 Å². The highest BCUT2D eigenvalue weighted by Crippen LogP contribution is 2.38. The number of imidazole rings is 1. The van der Waals surface area contributed by atoms with Crippen LogP contribution in [0.5, 0.6) is 5.75 Å². The summed E-state index contributed by atoms with van der Waals surface area (Å²) in [7, 11) is 1.65. The van der Waals surface area contributed by atoms with Crippen LogP contribution in [0.25, 0.3) is 28.5 Å². The quantitative estimate of drug-likeness (QED) is 0.486. The van der Waals surface area contributed by atoms with Crippen molar-refractivity contribution in [2.75, 3.05) is 26.9 Å². The maximum Gasteiger partial charge on any atom is 0.258 e. The lowest BCUT2D eigenvalue weighted by molar-refractivity contribution is -0.101. The Bertz CT molecular complexity index is 1220. The van der Waals surface area contributed by atoms with Gasteiger partial charge >= 0.3 is 0 Å². The largest absolute Gasteiger partial charge is 0.497 e. The maximum absolute atomic E-state index is 5.66.